The highest BCUT2D eigenvalue weighted by molar-refractivity contribution is 5.90. The van der Waals surface area contributed by atoms with Crippen molar-refractivity contribution in [1.29, 1.82) is 0 Å². The van der Waals surface area contributed by atoms with E-state index >= 15 is 0 Å². The van der Waals surface area contributed by atoms with Gasteiger partial charge >= 0.3 is 5.97 Å². The van der Waals surface area contributed by atoms with Crippen molar-refractivity contribution >= 4 is 11.9 Å². The van der Waals surface area contributed by atoms with Crippen LogP contribution in [0.3, 0.4) is 0 Å². The van der Waals surface area contributed by atoms with Gasteiger partial charge in [0.1, 0.15) is 11.5 Å². The van der Waals surface area contributed by atoms with Crippen LogP contribution in [-0.4, -0.2) is 56.2 Å². The summed E-state index contributed by atoms with van der Waals surface area (Å²) in [5, 5.41) is 9.39. The molecule has 1 aromatic heterocycles. The second-order valence-electron chi connectivity index (χ2n) is 6.15. The normalized spacial score (nSPS) is 35.4. The van der Waals surface area contributed by atoms with Crippen LogP contribution in [0.5, 0.6) is 0 Å². The number of imidazole rings is 1. The van der Waals surface area contributed by atoms with E-state index in [0.717, 1.165) is 13.0 Å². The quantitative estimate of drug-likeness (QED) is 0.782. The fourth-order valence-corrected chi connectivity index (χ4v) is 3.91. The van der Waals surface area contributed by atoms with Crippen molar-refractivity contribution in [3.63, 3.8) is 0 Å². The molecule has 3 aliphatic heterocycles. The van der Waals surface area contributed by atoms with E-state index < -0.39 is 29.5 Å². The van der Waals surface area contributed by atoms with E-state index in [-0.39, 0.29) is 5.91 Å². The molecule has 1 N–H and O–H groups in total. The highest BCUT2D eigenvalue weighted by Gasteiger charge is 2.66. The van der Waals surface area contributed by atoms with Crippen molar-refractivity contribution in [2.75, 3.05) is 13.1 Å². The molecular formula is C15H17N3O4. The number of amides is 1. The number of aromatic nitrogens is 2. The fraction of sp³-hybridized carbons (Fsp3) is 0.533. The molecule has 4 heterocycles. The third kappa shape index (κ3) is 1.81. The lowest BCUT2D eigenvalue weighted by Crippen LogP contribution is -2.39. The van der Waals surface area contributed by atoms with Crippen LogP contribution >= 0.6 is 0 Å². The third-order valence-electron chi connectivity index (χ3n) is 4.87. The molecule has 1 aromatic rings. The van der Waals surface area contributed by atoms with Gasteiger partial charge in [-0.15, -0.1) is 0 Å². The number of ether oxygens (including phenoxy) is 1. The smallest absolute Gasteiger partial charge is 0.310 e. The zero-order valence-corrected chi connectivity index (χ0v) is 12.0. The summed E-state index contributed by atoms with van der Waals surface area (Å²) in [5.41, 5.74) is -0.722. The zero-order chi connectivity index (χ0) is 15.3. The molecule has 7 heteroatoms. The molecule has 0 aromatic carbocycles. The maximum atomic E-state index is 12.6. The Morgan fingerprint density at radius 2 is 2.36 bits per heavy atom. The number of nitrogens with zero attached hydrogens (tertiary/aromatic N) is 3. The number of carbonyl (C=O) groups is 2. The number of carboxylic acids is 1. The Balaban J connectivity index is 1.45. The molecule has 1 amide bonds. The van der Waals surface area contributed by atoms with Gasteiger partial charge in [0.2, 0.25) is 5.91 Å². The van der Waals surface area contributed by atoms with E-state index in [1.165, 1.54) is 0 Å². The largest absolute Gasteiger partial charge is 0.481 e. The third-order valence-corrected chi connectivity index (χ3v) is 4.87. The van der Waals surface area contributed by atoms with Crippen LogP contribution in [0.25, 0.3) is 0 Å². The molecule has 4 rings (SSSR count). The number of carboxylic acid groups (broad SMARTS) is 1. The molecule has 0 saturated carbocycles. The van der Waals surface area contributed by atoms with Crippen LogP contribution < -0.4 is 0 Å². The lowest BCUT2D eigenvalue weighted by Gasteiger charge is -2.21. The molecule has 3 aliphatic rings. The predicted molar refractivity (Wildman–Crippen MR) is 74.8 cm³/mol. The number of likely N-dealkylation sites (tertiary alicyclic amines) is 1. The van der Waals surface area contributed by atoms with E-state index in [4.69, 9.17) is 4.74 Å². The minimum Gasteiger partial charge on any atom is -0.481 e. The van der Waals surface area contributed by atoms with Crippen LogP contribution in [0.2, 0.25) is 0 Å². The Hall–Kier alpha value is -2.15. The van der Waals surface area contributed by atoms with E-state index in [2.05, 4.69) is 4.98 Å². The van der Waals surface area contributed by atoms with E-state index in [1.807, 2.05) is 16.8 Å². The molecule has 7 nitrogen and oxygen atoms in total. The van der Waals surface area contributed by atoms with E-state index in [0.29, 0.717) is 13.1 Å². The van der Waals surface area contributed by atoms with Crippen molar-refractivity contribution in [2.24, 2.45) is 11.8 Å². The lowest BCUT2D eigenvalue weighted by molar-refractivity contribution is -0.148. The Morgan fingerprint density at radius 3 is 3.09 bits per heavy atom. The number of fused-ring (bicyclic) bond motifs is 1. The maximum absolute atomic E-state index is 12.6. The molecule has 22 heavy (non-hydrogen) atoms. The second-order valence-corrected chi connectivity index (χ2v) is 6.15. The van der Waals surface area contributed by atoms with Crippen molar-refractivity contribution in [3.8, 4) is 0 Å². The van der Waals surface area contributed by atoms with Crippen LogP contribution in [0, 0.1) is 11.8 Å². The molecule has 116 valence electrons. The van der Waals surface area contributed by atoms with Crippen LogP contribution in [0.15, 0.2) is 30.9 Å². The zero-order valence-electron chi connectivity index (χ0n) is 12.0. The predicted octanol–water partition coefficient (Wildman–Crippen LogP) is 0.140. The molecule has 0 unspecified atom stereocenters. The first-order chi connectivity index (χ1) is 10.6. The van der Waals surface area contributed by atoms with E-state index in [1.54, 1.807) is 23.5 Å². The van der Waals surface area contributed by atoms with Crippen molar-refractivity contribution in [1.82, 2.24) is 14.5 Å². The SMILES string of the molecule is O=C(O)[C@H]1[C@H]2C(=O)N(CCCn3ccnc3)C[C@@]23C=C[C@H]1O3. The summed E-state index contributed by atoms with van der Waals surface area (Å²) in [6, 6.07) is 0. The van der Waals surface area contributed by atoms with Gasteiger partial charge in [-0.1, -0.05) is 12.2 Å². The summed E-state index contributed by atoms with van der Waals surface area (Å²) in [4.78, 5) is 29.8. The molecule has 2 bridgehead atoms. The van der Waals surface area contributed by atoms with Gasteiger partial charge in [0.25, 0.3) is 0 Å². The lowest BCUT2D eigenvalue weighted by atomic mass is 9.77. The molecule has 0 aliphatic carbocycles. The van der Waals surface area contributed by atoms with Crippen molar-refractivity contribution in [2.45, 2.75) is 24.7 Å². The summed E-state index contributed by atoms with van der Waals surface area (Å²) >= 11 is 0. The van der Waals surface area contributed by atoms with E-state index in [9.17, 15) is 14.7 Å². The van der Waals surface area contributed by atoms with Gasteiger partial charge in [-0.3, -0.25) is 9.59 Å². The van der Waals surface area contributed by atoms with Crippen LogP contribution in [0.1, 0.15) is 6.42 Å². The topological polar surface area (TPSA) is 84.7 Å². The molecular weight excluding hydrogens is 286 g/mol. The Morgan fingerprint density at radius 1 is 1.50 bits per heavy atom. The van der Waals surface area contributed by atoms with Gasteiger partial charge in [0.05, 0.1) is 24.9 Å². The average molecular weight is 303 g/mol. The van der Waals surface area contributed by atoms with Crippen LogP contribution in [0.4, 0.5) is 0 Å². The molecule has 2 fully saturated rings. The molecule has 0 radical (unpaired) electrons. The summed E-state index contributed by atoms with van der Waals surface area (Å²) in [7, 11) is 0. The summed E-state index contributed by atoms with van der Waals surface area (Å²) < 4.78 is 7.80. The maximum Gasteiger partial charge on any atom is 0.310 e. The second kappa shape index (κ2) is 4.67. The van der Waals surface area contributed by atoms with Gasteiger partial charge in [0.15, 0.2) is 0 Å². The van der Waals surface area contributed by atoms with Crippen LogP contribution in [-0.2, 0) is 20.9 Å². The summed E-state index contributed by atoms with van der Waals surface area (Å²) in [5.74, 6) is -2.37. The fourth-order valence-electron chi connectivity index (χ4n) is 3.91. The highest BCUT2D eigenvalue weighted by atomic mass is 16.5. The molecule has 1 spiro atoms. The monoisotopic (exact) mass is 303 g/mol. The Bertz CT molecular complexity index is 641. The Kier molecular flexibility index (Phi) is 2.87. The summed E-state index contributed by atoms with van der Waals surface area (Å²) in [6.45, 7) is 1.84. The minimum atomic E-state index is -0.949. The van der Waals surface area contributed by atoms with Gasteiger partial charge < -0.3 is 19.3 Å². The number of hydrogen-bond donors (Lipinski definition) is 1. The first kappa shape index (κ1) is 13.5. The van der Waals surface area contributed by atoms with Gasteiger partial charge in [-0.25, -0.2) is 4.98 Å². The van der Waals surface area contributed by atoms with Gasteiger partial charge in [-0.2, -0.15) is 0 Å². The number of aryl methyl sites for hydroxylation is 1. The van der Waals surface area contributed by atoms with Gasteiger partial charge in [-0.05, 0) is 6.42 Å². The Labute approximate surface area is 127 Å². The highest BCUT2D eigenvalue weighted by Crippen LogP contribution is 2.51. The van der Waals surface area contributed by atoms with Crippen molar-refractivity contribution < 1.29 is 19.4 Å². The van der Waals surface area contributed by atoms with Gasteiger partial charge in [0, 0.05) is 25.5 Å². The first-order valence-corrected chi connectivity index (χ1v) is 7.45. The first-order valence-electron chi connectivity index (χ1n) is 7.45. The number of carbonyl (C=O) groups excluding carboxylic acids is 1. The average Bonchev–Trinajstić information content (AvgIpc) is 3.22. The summed E-state index contributed by atoms with van der Waals surface area (Å²) in [6.07, 6.45) is 9.36. The number of rotatable bonds is 5. The minimum absolute atomic E-state index is 0.0927. The van der Waals surface area contributed by atoms with Crippen molar-refractivity contribution in [3.05, 3.63) is 30.9 Å². The molecule has 4 atom stereocenters. The number of aliphatic carboxylic acids is 1. The number of hydrogen-bond acceptors (Lipinski definition) is 4. The standard InChI is InChI=1S/C15H17N3O4/c19-13-12-11(14(20)21)10-2-3-15(12,22-10)8-18(13)6-1-5-17-7-4-16-9-17/h2-4,7,9-12H,1,5-6,8H2,(H,20,21)/t10-,11-,12+,15+/m1/s1. The molecule has 2 saturated heterocycles.